The highest BCUT2D eigenvalue weighted by atomic mass is 16.4. The third-order valence-corrected chi connectivity index (χ3v) is 2.24. The first kappa shape index (κ1) is 11.8. The third-order valence-electron chi connectivity index (χ3n) is 2.24. The molecule has 0 bridgehead atoms. The highest BCUT2D eigenvalue weighted by molar-refractivity contribution is 6.58. The van der Waals surface area contributed by atoms with E-state index in [2.05, 4.69) is 15.2 Å². The predicted octanol–water partition coefficient (Wildman–Crippen LogP) is -0.236. The first-order chi connectivity index (χ1) is 8.20. The molecule has 0 aliphatic heterocycles. The van der Waals surface area contributed by atoms with Gasteiger partial charge in [0.05, 0.1) is 5.56 Å². The quantitative estimate of drug-likeness (QED) is 0.708. The van der Waals surface area contributed by atoms with Gasteiger partial charge in [0.2, 0.25) is 11.8 Å². The molecule has 0 aliphatic carbocycles. The van der Waals surface area contributed by atoms with Crippen molar-refractivity contribution in [2.24, 2.45) is 0 Å². The van der Waals surface area contributed by atoms with Gasteiger partial charge in [-0.1, -0.05) is 6.92 Å². The van der Waals surface area contributed by atoms with Gasteiger partial charge in [-0.25, -0.2) is 0 Å². The van der Waals surface area contributed by atoms with Crippen LogP contribution in [0.25, 0.3) is 11.5 Å². The Bertz CT molecular complexity index is 501. The van der Waals surface area contributed by atoms with Crippen LogP contribution in [0.1, 0.15) is 19.2 Å². The van der Waals surface area contributed by atoms with Crippen molar-refractivity contribution >= 4 is 12.6 Å². The Morgan fingerprint density at radius 2 is 2.12 bits per heavy atom. The second kappa shape index (κ2) is 5.07. The van der Waals surface area contributed by atoms with Crippen molar-refractivity contribution in [1.29, 1.82) is 0 Å². The number of nitrogens with zero attached hydrogens (tertiary/aromatic N) is 3. The highest BCUT2D eigenvalue weighted by Gasteiger charge is 2.14. The molecule has 2 aromatic rings. The first-order valence-corrected chi connectivity index (χ1v) is 5.34. The van der Waals surface area contributed by atoms with E-state index in [0.29, 0.717) is 17.3 Å². The van der Waals surface area contributed by atoms with Crippen molar-refractivity contribution < 1.29 is 14.5 Å². The topological polar surface area (TPSA) is 92.3 Å². The third kappa shape index (κ3) is 2.69. The molecule has 2 rings (SSSR count). The molecule has 2 heterocycles. The zero-order valence-electron chi connectivity index (χ0n) is 9.37. The molecule has 0 amide bonds. The normalized spacial score (nSPS) is 10.5. The number of hydrogen-bond acceptors (Lipinski definition) is 6. The zero-order valence-corrected chi connectivity index (χ0v) is 9.37. The molecular formula is C10H12BN3O3. The molecule has 0 unspecified atom stereocenters. The fourth-order valence-corrected chi connectivity index (χ4v) is 1.40. The van der Waals surface area contributed by atoms with E-state index in [1.54, 1.807) is 6.07 Å². The summed E-state index contributed by atoms with van der Waals surface area (Å²) < 4.78 is 5.42. The van der Waals surface area contributed by atoms with Gasteiger partial charge in [0, 0.05) is 24.3 Å². The number of pyridine rings is 1. The van der Waals surface area contributed by atoms with Gasteiger partial charge in [-0.05, 0) is 12.5 Å². The minimum absolute atomic E-state index is 0.290. The van der Waals surface area contributed by atoms with Crippen molar-refractivity contribution in [2.45, 2.75) is 19.8 Å². The molecule has 2 N–H and O–H groups in total. The zero-order chi connectivity index (χ0) is 12.3. The molecule has 0 saturated heterocycles. The summed E-state index contributed by atoms with van der Waals surface area (Å²) in [6.45, 7) is 2.02. The molecule has 0 fully saturated rings. The van der Waals surface area contributed by atoms with Crippen molar-refractivity contribution in [3.8, 4) is 11.5 Å². The summed E-state index contributed by atoms with van der Waals surface area (Å²) in [5, 5.41) is 25.8. The lowest BCUT2D eigenvalue weighted by atomic mass is 9.81. The summed E-state index contributed by atoms with van der Waals surface area (Å²) in [5.41, 5.74) is 0.864. The van der Waals surface area contributed by atoms with Crippen LogP contribution in [0.5, 0.6) is 0 Å². The monoisotopic (exact) mass is 233 g/mol. The molecule has 7 heteroatoms. The highest BCUT2D eigenvalue weighted by Crippen LogP contribution is 2.15. The summed E-state index contributed by atoms with van der Waals surface area (Å²) in [6, 6.07) is 1.56. The minimum Gasteiger partial charge on any atom is -0.423 e. The molecular weight excluding hydrogens is 221 g/mol. The van der Waals surface area contributed by atoms with Crippen LogP contribution in [0, 0.1) is 0 Å². The standard InChI is InChI=1S/C10H12BN3O3/c1-2-3-9-13-14-10(17-9)7-4-8(11(15)16)6-12-5-7/h4-6,15-16H,2-3H2,1H3. The van der Waals surface area contributed by atoms with Crippen LogP contribution in [0.2, 0.25) is 0 Å². The molecule has 0 saturated carbocycles. The Morgan fingerprint density at radius 1 is 1.29 bits per heavy atom. The number of aryl methyl sites for hydroxylation is 1. The molecule has 0 aliphatic rings. The molecule has 0 atom stereocenters. The SMILES string of the molecule is CCCc1nnc(-c2cncc(B(O)O)c2)o1. The van der Waals surface area contributed by atoms with Crippen LogP contribution < -0.4 is 5.46 Å². The fourth-order valence-electron chi connectivity index (χ4n) is 1.40. The van der Waals surface area contributed by atoms with Crippen LogP contribution in [-0.4, -0.2) is 32.3 Å². The van der Waals surface area contributed by atoms with Crippen molar-refractivity contribution in [2.75, 3.05) is 0 Å². The Morgan fingerprint density at radius 3 is 2.82 bits per heavy atom. The number of aromatic nitrogens is 3. The van der Waals surface area contributed by atoms with E-state index in [1.807, 2.05) is 6.92 Å². The van der Waals surface area contributed by atoms with E-state index in [9.17, 15) is 0 Å². The largest absolute Gasteiger partial charge is 0.490 e. The molecule has 6 nitrogen and oxygen atoms in total. The number of hydrogen-bond donors (Lipinski definition) is 2. The molecule has 88 valence electrons. The van der Waals surface area contributed by atoms with Gasteiger partial charge in [-0.3, -0.25) is 4.98 Å². The van der Waals surface area contributed by atoms with E-state index >= 15 is 0 Å². The molecule has 0 radical (unpaired) electrons. The summed E-state index contributed by atoms with van der Waals surface area (Å²) >= 11 is 0. The molecule has 0 spiro atoms. The van der Waals surface area contributed by atoms with Crippen LogP contribution >= 0.6 is 0 Å². The van der Waals surface area contributed by atoms with E-state index in [4.69, 9.17) is 14.5 Å². The summed E-state index contributed by atoms with van der Waals surface area (Å²) in [7, 11) is -1.56. The van der Waals surface area contributed by atoms with Gasteiger partial charge >= 0.3 is 7.12 Å². The lowest BCUT2D eigenvalue weighted by Gasteiger charge is -1.99. The average Bonchev–Trinajstić information content (AvgIpc) is 2.78. The summed E-state index contributed by atoms with van der Waals surface area (Å²) in [5.74, 6) is 0.904. The van der Waals surface area contributed by atoms with E-state index in [1.165, 1.54) is 12.4 Å². The van der Waals surface area contributed by atoms with Gasteiger partial charge < -0.3 is 14.5 Å². The van der Waals surface area contributed by atoms with E-state index in [-0.39, 0.29) is 5.46 Å². The maximum atomic E-state index is 9.03. The minimum atomic E-state index is -1.56. The maximum Gasteiger partial charge on any atom is 0.490 e. The maximum absolute atomic E-state index is 9.03. The van der Waals surface area contributed by atoms with Crippen molar-refractivity contribution in [1.82, 2.24) is 15.2 Å². The smallest absolute Gasteiger partial charge is 0.423 e. The Labute approximate surface area is 98.5 Å². The Kier molecular flexibility index (Phi) is 3.50. The van der Waals surface area contributed by atoms with Gasteiger partial charge in [-0.2, -0.15) is 0 Å². The summed E-state index contributed by atoms with van der Waals surface area (Å²) in [4.78, 5) is 3.89. The van der Waals surface area contributed by atoms with E-state index in [0.717, 1.165) is 12.8 Å². The van der Waals surface area contributed by atoms with Gasteiger partial charge in [0.25, 0.3) is 0 Å². The van der Waals surface area contributed by atoms with Crippen molar-refractivity contribution in [3.63, 3.8) is 0 Å². The van der Waals surface area contributed by atoms with Gasteiger partial charge in [0.1, 0.15) is 0 Å². The second-order valence-corrected chi connectivity index (χ2v) is 3.63. The molecule has 2 aromatic heterocycles. The Balaban J connectivity index is 2.28. The second-order valence-electron chi connectivity index (χ2n) is 3.63. The predicted molar refractivity (Wildman–Crippen MR) is 61.3 cm³/mol. The molecule has 0 aromatic carbocycles. The number of rotatable bonds is 4. The van der Waals surface area contributed by atoms with Gasteiger partial charge in [0.15, 0.2) is 0 Å². The van der Waals surface area contributed by atoms with E-state index < -0.39 is 7.12 Å². The van der Waals surface area contributed by atoms with Crippen LogP contribution in [0.15, 0.2) is 22.9 Å². The summed E-state index contributed by atoms with van der Waals surface area (Å²) in [6.07, 6.45) is 4.56. The van der Waals surface area contributed by atoms with Crippen molar-refractivity contribution in [3.05, 3.63) is 24.4 Å². The first-order valence-electron chi connectivity index (χ1n) is 5.34. The lowest BCUT2D eigenvalue weighted by Crippen LogP contribution is -2.30. The fraction of sp³-hybridized carbons (Fsp3) is 0.300. The van der Waals surface area contributed by atoms with Crippen LogP contribution in [0.3, 0.4) is 0 Å². The lowest BCUT2D eigenvalue weighted by molar-refractivity contribution is 0.425. The van der Waals surface area contributed by atoms with Crippen LogP contribution in [-0.2, 0) is 6.42 Å². The average molecular weight is 233 g/mol. The Hall–Kier alpha value is -1.73. The molecule has 17 heavy (non-hydrogen) atoms. The van der Waals surface area contributed by atoms with Gasteiger partial charge in [-0.15, -0.1) is 10.2 Å². The van der Waals surface area contributed by atoms with Crippen LogP contribution in [0.4, 0.5) is 0 Å².